The second-order valence-electron chi connectivity index (χ2n) is 5.16. The van der Waals surface area contributed by atoms with Crippen LogP contribution in [0.2, 0.25) is 0 Å². The molecule has 5 heteroatoms. The Kier molecular flexibility index (Phi) is 5.23. The molecule has 1 N–H and O–H groups in total. The zero-order valence-corrected chi connectivity index (χ0v) is 12.3. The van der Waals surface area contributed by atoms with Gasteiger partial charge in [-0.15, -0.1) is 0 Å². The summed E-state index contributed by atoms with van der Waals surface area (Å²) in [6, 6.07) is 5.85. The highest BCUT2D eigenvalue weighted by Gasteiger charge is 2.18. The summed E-state index contributed by atoms with van der Waals surface area (Å²) in [5.74, 6) is 1.45. The van der Waals surface area contributed by atoms with E-state index in [4.69, 9.17) is 14.2 Å². The van der Waals surface area contributed by atoms with Crippen molar-refractivity contribution in [2.45, 2.75) is 19.1 Å². The Bertz CT molecular complexity index is 438. The zero-order valence-electron chi connectivity index (χ0n) is 12.3. The van der Waals surface area contributed by atoms with Crippen molar-refractivity contribution in [2.75, 3.05) is 40.5 Å². The quantitative estimate of drug-likeness (QED) is 0.855. The van der Waals surface area contributed by atoms with Gasteiger partial charge < -0.3 is 19.3 Å². The summed E-state index contributed by atoms with van der Waals surface area (Å²) in [4.78, 5) is 2.07. The molecule has 20 heavy (non-hydrogen) atoms. The van der Waals surface area contributed by atoms with E-state index in [1.54, 1.807) is 7.11 Å². The number of hydrogen-bond donors (Lipinski definition) is 1. The van der Waals surface area contributed by atoms with Crippen molar-refractivity contribution in [1.82, 2.24) is 4.90 Å². The van der Waals surface area contributed by atoms with Gasteiger partial charge in [-0.1, -0.05) is 6.07 Å². The van der Waals surface area contributed by atoms with Crippen LogP contribution in [0.4, 0.5) is 0 Å². The lowest BCUT2D eigenvalue weighted by molar-refractivity contribution is 0.0706. The van der Waals surface area contributed by atoms with Gasteiger partial charge in [0.15, 0.2) is 11.5 Å². The third kappa shape index (κ3) is 3.62. The van der Waals surface area contributed by atoms with Crippen molar-refractivity contribution in [3.63, 3.8) is 0 Å². The zero-order chi connectivity index (χ0) is 14.5. The van der Waals surface area contributed by atoms with Crippen molar-refractivity contribution < 1.29 is 19.3 Å². The van der Waals surface area contributed by atoms with E-state index < -0.39 is 6.10 Å². The molecule has 0 aromatic heterocycles. The van der Waals surface area contributed by atoms with Gasteiger partial charge in [0.05, 0.1) is 12.7 Å². The fourth-order valence-corrected chi connectivity index (χ4v) is 2.19. The number of ether oxygens (including phenoxy) is 3. The van der Waals surface area contributed by atoms with Crippen LogP contribution < -0.4 is 9.47 Å². The van der Waals surface area contributed by atoms with Crippen LogP contribution in [-0.4, -0.2) is 56.6 Å². The maximum absolute atomic E-state index is 10.3. The minimum Gasteiger partial charge on any atom is -0.486 e. The number of methoxy groups -OCH3 is 1. The van der Waals surface area contributed by atoms with E-state index in [1.165, 1.54) is 0 Å². The van der Waals surface area contributed by atoms with Gasteiger partial charge in [0, 0.05) is 19.7 Å². The summed E-state index contributed by atoms with van der Waals surface area (Å²) >= 11 is 0. The van der Waals surface area contributed by atoms with Crippen LogP contribution >= 0.6 is 0 Å². The minimum absolute atomic E-state index is 0.256. The maximum Gasteiger partial charge on any atom is 0.161 e. The SMILES string of the molecule is COCC(C)N(C)CC(O)c1ccc2c(c1)OCCO2. The van der Waals surface area contributed by atoms with Crippen LogP contribution in [0.5, 0.6) is 11.5 Å². The van der Waals surface area contributed by atoms with E-state index in [9.17, 15) is 5.11 Å². The third-order valence-corrected chi connectivity index (χ3v) is 3.57. The van der Waals surface area contributed by atoms with Crippen LogP contribution in [0.15, 0.2) is 18.2 Å². The van der Waals surface area contributed by atoms with Gasteiger partial charge in [0.1, 0.15) is 13.2 Å². The predicted molar refractivity (Wildman–Crippen MR) is 76.4 cm³/mol. The fourth-order valence-electron chi connectivity index (χ4n) is 2.19. The summed E-state index contributed by atoms with van der Waals surface area (Å²) in [5, 5.41) is 10.3. The summed E-state index contributed by atoms with van der Waals surface area (Å²) in [7, 11) is 3.66. The fraction of sp³-hybridized carbons (Fsp3) is 0.600. The lowest BCUT2D eigenvalue weighted by Crippen LogP contribution is -2.35. The van der Waals surface area contributed by atoms with Crippen LogP contribution in [0.25, 0.3) is 0 Å². The number of hydrogen-bond acceptors (Lipinski definition) is 5. The number of rotatable bonds is 6. The highest BCUT2D eigenvalue weighted by atomic mass is 16.6. The Hall–Kier alpha value is -1.30. The largest absolute Gasteiger partial charge is 0.486 e. The monoisotopic (exact) mass is 281 g/mol. The summed E-state index contributed by atoms with van der Waals surface area (Å²) in [6.45, 7) is 4.39. The van der Waals surface area contributed by atoms with Crippen LogP contribution in [0, 0.1) is 0 Å². The molecule has 5 nitrogen and oxygen atoms in total. The Labute approximate surface area is 120 Å². The molecule has 0 spiro atoms. The molecule has 1 aromatic carbocycles. The Balaban J connectivity index is 2.00. The first-order valence-corrected chi connectivity index (χ1v) is 6.88. The third-order valence-electron chi connectivity index (χ3n) is 3.57. The van der Waals surface area contributed by atoms with Gasteiger partial charge in [-0.25, -0.2) is 0 Å². The Morgan fingerprint density at radius 2 is 2.00 bits per heavy atom. The minimum atomic E-state index is -0.560. The van der Waals surface area contributed by atoms with Crippen LogP contribution in [0.1, 0.15) is 18.6 Å². The van der Waals surface area contributed by atoms with Gasteiger partial charge >= 0.3 is 0 Å². The molecule has 2 unspecified atom stereocenters. The number of benzene rings is 1. The molecular weight excluding hydrogens is 258 g/mol. The van der Waals surface area contributed by atoms with E-state index >= 15 is 0 Å². The number of likely N-dealkylation sites (N-methyl/N-ethyl adjacent to an activating group) is 1. The van der Waals surface area contributed by atoms with Crippen LogP contribution in [-0.2, 0) is 4.74 Å². The molecule has 2 atom stereocenters. The average molecular weight is 281 g/mol. The van der Waals surface area contributed by atoms with E-state index in [0.29, 0.717) is 32.1 Å². The normalized spacial score (nSPS) is 17.1. The molecule has 1 aliphatic rings. The highest BCUT2D eigenvalue weighted by Crippen LogP contribution is 2.32. The lowest BCUT2D eigenvalue weighted by atomic mass is 10.1. The Morgan fingerprint density at radius 3 is 2.70 bits per heavy atom. The number of fused-ring (bicyclic) bond motifs is 1. The molecular formula is C15H23NO4. The van der Waals surface area contributed by atoms with Gasteiger partial charge in [0.25, 0.3) is 0 Å². The molecule has 0 fully saturated rings. The molecule has 1 aliphatic heterocycles. The molecule has 0 aliphatic carbocycles. The molecule has 1 heterocycles. The highest BCUT2D eigenvalue weighted by molar-refractivity contribution is 5.44. The van der Waals surface area contributed by atoms with Gasteiger partial charge in [0.2, 0.25) is 0 Å². The molecule has 2 rings (SSSR count). The first-order valence-electron chi connectivity index (χ1n) is 6.88. The van der Waals surface area contributed by atoms with Crippen molar-refractivity contribution in [2.24, 2.45) is 0 Å². The van der Waals surface area contributed by atoms with E-state index in [1.807, 2.05) is 25.2 Å². The van der Waals surface area contributed by atoms with Crippen molar-refractivity contribution in [3.05, 3.63) is 23.8 Å². The van der Waals surface area contributed by atoms with E-state index in [-0.39, 0.29) is 6.04 Å². The number of nitrogens with zero attached hydrogens (tertiary/aromatic N) is 1. The second kappa shape index (κ2) is 6.92. The summed E-state index contributed by atoms with van der Waals surface area (Å²) in [5.41, 5.74) is 0.839. The average Bonchev–Trinajstić information content (AvgIpc) is 2.46. The Morgan fingerprint density at radius 1 is 1.30 bits per heavy atom. The first-order chi connectivity index (χ1) is 9.61. The summed E-state index contributed by atoms with van der Waals surface area (Å²) < 4.78 is 16.1. The van der Waals surface area contributed by atoms with Crippen molar-refractivity contribution in [1.29, 1.82) is 0 Å². The van der Waals surface area contributed by atoms with Gasteiger partial charge in [-0.3, -0.25) is 4.90 Å². The van der Waals surface area contributed by atoms with Gasteiger partial charge in [-0.05, 0) is 31.7 Å². The molecule has 0 saturated carbocycles. The van der Waals surface area contributed by atoms with Gasteiger partial charge in [-0.2, -0.15) is 0 Å². The number of aliphatic hydroxyl groups excluding tert-OH is 1. The van der Waals surface area contributed by atoms with E-state index in [2.05, 4.69) is 11.8 Å². The molecule has 0 saturated heterocycles. The molecule has 0 bridgehead atoms. The lowest BCUT2D eigenvalue weighted by Gasteiger charge is -2.27. The van der Waals surface area contributed by atoms with Crippen molar-refractivity contribution >= 4 is 0 Å². The standard InChI is InChI=1S/C15H23NO4/c1-11(10-18-3)16(2)9-13(17)12-4-5-14-15(8-12)20-7-6-19-14/h4-5,8,11,13,17H,6-7,9-10H2,1-3H3. The molecule has 0 amide bonds. The second-order valence-corrected chi connectivity index (χ2v) is 5.16. The predicted octanol–water partition coefficient (Wildman–Crippen LogP) is 1.46. The maximum atomic E-state index is 10.3. The molecule has 112 valence electrons. The smallest absolute Gasteiger partial charge is 0.161 e. The topological polar surface area (TPSA) is 51.2 Å². The summed E-state index contributed by atoms with van der Waals surface area (Å²) in [6.07, 6.45) is -0.560. The number of aliphatic hydroxyl groups is 1. The molecule has 1 aromatic rings. The van der Waals surface area contributed by atoms with E-state index in [0.717, 1.165) is 11.3 Å². The van der Waals surface area contributed by atoms with Crippen LogP contribution in [0.3, 0.4) is 0 Å². The first kappa shape index (κ1) is 15.1. The molecule has 0 radical (unpaired) electrons. The van der Waals surface area contributed by atoms with Crippen molar-refractivity contribution in [3.8, 4) is 11.5 Å².